The third-order valence-corrected chi connectivity index (χ3v) is 6.64. The number of aliphatic hydroxyl groups is 4. The molecule has 176 valence electrons. The minimum absolute atomic E-state index is 0.0120. The number of aromatic nitrogens is 2. The van der Waals surface area contributed by atoms with Crippen molar-refractivity contribution < 1.29 is 34.6 Å². The van der Waals surface area contributed by atoms with Crippen molar-refractivity contribution in [2.75, 3.05) is 20.6 Å². The van der Waals surface area contributed by atoms with Gasteiger partial charge < -0.3 is 55.6 Å². The van der Waals surface area contributed by atoms with E-state index in [9.17, 15) is 20.4 Å². The van der Waals surface area contributed by atoms with E-state index >= 15 is 0 Å². The molecule has 0 bridgehead atoms. The van der Waals surface area contributed by atoms with E-state index in [4.69, 9.17) is 14.2 Å². The Morgan fingerprint density at radius 3 is 2.52 bits per heavy atom. The average Bonchev–Trinajstić information content (AvgIpc) is 3.22. The summed E-state index contributed by atoms with van der Waals surface area (Å²) in [6.07, 6.45) is -2.42. The standard InChI is InChI=1S/C19H33N5O7/c1-9-4-18(27,7-22-5-10-6-23-8-24-10)19(28)17(29-9)30-16-14(26)11(20-2)13(25)12(21-3)15(16)31-19/h6,8-9,11-17,20-22,25-28H,4-5,7H2,1-3H3,(H,23,24)/t9-,11-,12+,13+,14+,15-,16?,17+,18-,19-/m1/s1. The fraction of sp³-hybridized carbons (Fsp3) is 0.842. The number of hydrogen-bond acceptors (Lipinski definition) is 11. The number of rotatable bonds is 6. The number of nitrogens with one attached hydrogen (secondary N) is 4. The number of likely N-dealkylation sites (N-methyl/N-ethyl adjacent to an activating group) is 2. The van der Waals surface area contributed by atoms with E-state index in [2.05, 4.69) is 25.9 Å². The van der Waals surface area contributed by atoms with Crippen LogP contribution in [-0.2, 0) is 20.8 Å². The van der Waals surface area contributed by atoms with Crippen LogP contribution in [0.4, 0.5) is 0 Å². The number of hydrogen-bond donors (Lipinski definition) is 8. The maximum atomic E-state index is 11.5. The highest BCUT2D eigenvalue weighted by Gasteiger charge is 2.68. The number of imidazole rings is 1. The van der Waals surface area contributed by atoms with Gasteiger partial charge in [-0.1, -0.05) is 0 Å². The van der Waals surface area contributed by atoms with Crippen molar-refractivity contribution in [3.63, 3.8) is 0 Å². The summed E-state index contributed by atoms with van der Waals surface area (Å²) in [7, 11) is 3.28. The van der Waals surface area contributed by atoms with Crippen molar-refractivity contribution in [3.05, 3.63) is 18.2 Å². The Labute approximate surface area is 180 Å². The van der Waals surface area contributed by atoms with Crippen molar-refractivity contribution in [2.24, 2.45) is 0 Å². The van der Waals surface area contributed by atoms with E-state index in [0.29, 0.717) is 6.54 Å². The van der Waals surface area contributed by atoms with Crippen LogP contribution in [0, 0.1) is 0 Å². The molecular weight excluding hydrogens is 410 g/mol. The van der Waals surface area contributed by atoms with E-state index < -0.39 is 60.3 Å². The van der Waals surface area contributed by atoms with Gasteiger partial charge in [0.25, 0.3) is 0 Å². The smallest absolute Gasteiger partial charge is 0.249 e. The van der Waals surface area contributed by atoms with Crippen LogP contribution in [0.1, 0.15) is 19.0 Å². The number of fused-ring (bicyclic) bond motifs is 2. The van der Waals surface area contributed by atoms with Crippen molar-refractivity contribution in [3.8, 4) is 0 Å². The van der Waals surface area contributed by atoms with Crippen LogP contribution < -0.4 is 16.0 Å². The summed E-state index contributed by atoms with van der Waals surface area (Å²) in [5.74, 6) is -2.22. The molecule has 1 saturated carbocycles. The second kappa shape index (κ2) is 8.63. The zero-order valence-corrected chi connectivity index (χ0v) is 17.9. The average molecular weight is 444 g/mol. The molecule has 3 heterocycles. The molecule has 3 aliphatic rings. The van der Waals surface area contributed by atoms with Gasteiger partial charge in [-0.2, -0.15) is 0 Å². The molecule has 1 aliphatic carbocycles. The van der Waals surface area contributed by atoms with E-state index in [0.717, 1.165) is 5.69 Å². The molecule has 0 amide bonds. The highest BCUT2D eigenvalue weighted by molar-refractivity contribution is 5.12. The van der Waals surface area contributed by atoms with Gasteiger partial charge in [-0.3, -0.25) is 0 Å². The number of nitrogens with zero attached hydrogens (tertiary/aromatic N) is 1. The molecule has 2 aliphatic heterocycles. The Kier molecular flexibility index (Phi) is 6.40. The summed E-state index contributed by atoms with van der Waals surface area (Å²) in [6.45, 7) is 2.15. The number of aromatic amines is 1. The van der Waals surface area contributed by atoms with Crippen LogP contribution in [0.3, 0.4) is 0 Å². The fourth-order valence-electron chi connectivity index (χ4n) is 5.01. The fourth-order valence-corrected chi connectivity index (χ4v) is 5.01. The predicted octanol–water partition coefficient (Wildman–Crippen LogP) is -3.25. The van der Waals surface area contributed by atoms with Crippen LogP contribution in [0.25, 0.3) is 0 Å². The summed E-state index contributed by atoms with van der Waals surface area (Å²) in [5.41, 5.74) is -0.936. The van der Waals surface area contributed by atoms with Gasteiger partial charge in [-0.05, 0) is 21.0 Å². The molecule has 2 saturated heterocycles. The molecular formula is C19H33N5O7. The van der Waals surface area contributed by atoms with Crippen molar-refractivity contribution in [1.29, 1.82) is 0 Å². The molecule has 31 heavy (non-hydrogen) atoms. The summed E-state index contributed by atoms with van der Waals surface area (Å²) >= 11 is 0. The minimum Gasteiger partial charge on any atom is -0.390 e. The number of ether oxygens (including phenoxy) is 3. The van der Waals surface area contributed by atoms with Gasteiger partial charge in [0.05, 0.1) is 30.6 Å². The first-order chi connectivity index (χ1) is 14.7. The molecule has 0 spiro atoms. The van der Waals surface area contributed by atoms with Crippen molar-refractivity contribution in [2.45, 2.75) is 80.2 Å². The molecule has 12 nitrogen and oxygen atoms in total. The van der Waals surface area contributed by atoms with Gasteiger partial charge in [0, 0.05) is 31.4 Å². The topological polar surface area (TPSA) is 173 Å². The van der Waals surface area contributed by atoms with Crippen LogP contribution in [-0.4, -0.2) is 111 Å². The van der Waals surface area contributed by atoms with Crippen molar-refractivity contribution in [1.82, 2.24) is 25.9 Å². The quantitative estimate of drug-likeness (QED) is 0.222. The lowest BCUT2D eigenvalue weighted by molar-refractivity contribution is -0.482. The molecule has 1 aromatic heterocycles. The molecule has 3 fully saturated rings. The number of aliphatic hydroxyl groups excluding tert-OH is 2. The van der Waals surface area contributed by atoms with Gasteiger partial charge in [0.2, 0.25) is 12.1 Å². The molecule has 1 aromatic rings. The molecule has 10 atom stereocenters. The first-order valence-electron chi connectivity index (χ1n) is 10.6. The lowest BCUT2D eigenvalue weighted by Gasteiger charge is -2.60. The Hall–Kier alpha value is -1.19. The van der Waals surface area contributed by atoms with Gasteiger partial charge in [0.15, 0.2) is 0 Å². The Balaban J connectivity index is 1.58. The lowest BCUT2D eigenvalue weighted by Crippen LogP contribution is -2.81. The summed E-state index contributed by atoms with van der Waals surface area (Å²) < 4.78 is 17.8. The maximum Gasteiger partial charge on any atom is 0.249 e. The van der Waals surface area contributed by atoms with Crippen LogP contribution >= 0.6 is 0 Å². The molecule has 4 rings (SSSR count). The summed E-state index contributed by atoms with van der Waals surface area (Å²) in [5, 5.41) is 53.6. The van der Waals surface area contributed by atoms with Gasteiger partial charge >= 0.3 is 0 Å². The highest BCUT2D eigenvalue weighted by atomic mass is 16.8. The van der Waals surface area contributed by atoms with Gasteiger partial charge in [-0.15, -0.1) is 0 Å². The Bertz CT molecular complexity index is 741. The SMILES string of the molecule is CN[C@@H]1[C@H](O)[C@H](NC)[C@H]2O[C@]3(O)[C@H](OC2[C@H]1O)O[C@H](C)C[C@@]3(O)CNCc1cnc[nH]1. The summed E-state index contributed by atoms with van der Waals surface area (Å²) in [6, 6.07) is -1.35. The van der Waals surface area contributed by atoms with Crippen LogP contribution in [0.15, 0.2) is 12.5 Å². The molecule has 0 radical (unpaired) electrons. The van der Waals surface area contributed by atoms with E-state index in [1.165, 1.54) is 0 Å². The predicted molar refractivity (Wildman–Crippen MR) is 107 cm³/mol. The van der Waals surface area contributed by atoms with E-state index in [1.54, 1.807) is 33.5 Å². The van der Waals surface area contributed by atoms with Gasteiger partial charge in [-0.25, -0.2) is 4.98 Å². The minimum atomic E-state index is -2.22. The molecule has 8 N–H and O–H groups in total. The Morgan fingerprint density at radius 2 is 1.87 bits per heavy atom. The van der Waals surface area contributed by atoms with Gasteiger partial charge in [0.1, 0.15) is 23.9 Å². The maximum absolute atomic E-state index is 11.5. The second-order valence-electron chi connectivity index (χ2n) is 8.68. The number of H-pyrrole nitrogens is 1. The van der Waals surface area contributed by atoms with E-state index in [-0.39, 0.29) is 13.0 Å². The summed E-state index contributed by atoms with van der Waals surface area (Å²) in [4.78, 5) is 6.92. The second-order valence-corrected chi connectivity index (χ2v) is 8.68. The van der Waals surface area contributed by atoms with Crippen LogP contribution in [0.5, 0.6) is 0 Å². The normalized spacial score (nSPS) is 47.6. The van der Waals surface area contributed by atoms with E-state index in [1.807, 2.05) is 0 Å². The lowest BCUT2D eigenvalue weighted by atomic mass is 9.77. The van der Waals surface area contributed by atoms with Crippen molar-refractivity contribution >= 4 is 0 Å². The zero-order chi connectivity index (χ0) is 22.4. The monoisotopic (exact) mass is 443 g/mol. The molecule has 12 heteroatoms. The highest BCUT2D eigenvalue weighted by Crippen LogP contribution is 2.46. The molecule has 0 aromatic carbocycles. The Morgan fingerprint density at radius 1 is 1.13 bits per heavy atom. The first kappa shape index (κ1) is 23.0. The molecule has 1 unspecified atom stereocenters. The van der Waals surface area contributed by atoms with Crippen LogP contribution in [0.2, 0.25) is 0 Å². The third-order valence-electron chi connectivity index (χ3n) is 6.64. The largest absolute Gasteiger partial charge is 0.390 e. The first-order valence-corrected chi connectivity index (χ1v) is 10.6. The third kappa shape index (κ3) is 3.80. The zero-order valence-electron chi connectivity index (χ0n) is 17.9.